The number of rotatable bonds is 4. The van der Waals surface area contributed by atoms with Gasteiger partial charge in [-0.15, -0.1) is 0 Å². The van der Waals surface area contributed by atoms with E-state index < -0.39 is 16.7 Å². The zero-order valence-electron chi connectivity index (χ0n) is 7.85. The average molecular weight is 212 g/mol. The Bertz CT molecular complexity index is 409. The van der Waals surface area contributed by atoms with Gasteiger partial charge in [0.05, 0.1) is 6.61 Å². The summed E-state index contributed by atoms with van der Waals surface area (Å²) in [5.74, 6) is -1.23. The molecule has 1 rings (SSSR count). The molecule has 0 amide bonds. The van der Waals surface area contributed by atoms with E-state index in [-0.39, 0.29) is 17.9 Å². The number of aromatic amines is 1. The summed E-state index contributed by atoms with van der Waals surface area (Å²) in [6.45, 7) is 1.76. The monoisotopic (exact) mass is 212 g/mol. The molecule has 0 fully saturated rings. The molecule has 80 valence electrons. The number of carbonyl (C=O) groups is 2. The molecule has 0 atom stereocenters. The molecule has 0 aliphatic rings. The van der Waals surface area contributed by atoms with Gasteiger partial charge in [-0.3, -0.25) is 4.79 Å². The molecule has 7 nitrogen and oxygen atoms in total. The summed E-state index contributed by atoms with van der Waals surface area (Å²) >= 11 is 0. The average Bonchev–Trinajstić information content (AvgIpc) is 2.61. The first kappa shape index (κ1) is 10.9. The van der Waals surface area contributed by atoms with Crippen LogP contribution >= 0.6 is 0 Å². The lowest BCUT2D eigenvalue weighted by Crippen LogP contribution is -2.04. The number of esters is 1. The standard InChI is InChI=1S/C8H8N2O5/c1-2-15-8(12)6-3-5(4-11)7(9-6)10(13)14/h3-4,9H,2H2,1H3. The second-order valence-corrected chi connectivity index (χ2v) is 2.58. The van der Waals surface area contributed by atoms with Crippen LogP contribution in [0.15, 0.2) is 6.07 Å². The molecule has 0 saturated heterocycles. The Hall–Kier alpha value is -2.18. The van der Waals surface area contributed by atoms with Gasteiger partial charge >= 0.3 is 11.8 Å². The van der Waals surface area contributed by atoms with E-state index in [1.54, 1.807) is 6.92 Å². The van der Waals surface area contributed by atoms with Crippen LogP contribution in [0.25, 0.3) is 0 Å². The van der Waals surface area contributed by atoms with Gasteiger partial charge < -0.3 is 14.9 Å². The van der Waals surface area contributed by atoms with Crippen molar-refractivity contribution >= 4 is 18.1 Å². The molecule has 0 spiro atoms. The highest BCUT2D eigenvalue weighted by molar-refractivity contribution is 5.92. The second-order valence-electron chi connectivity index (χ2n) is 2.58. The zero-order chi connectivity index (χ0) is 11.4. The number of aldehydes is 1. The molecule has 1 heterocycles. The third kappa shape index (κ3) is 2.19. The summed E-state index contributed by atoms with van der Waals surface area (Å²) in [7, 11) is 0. The first-order valence-electron chi connectivity index (χ1n) is 4.09. The Balaban J connectivity index is 3.07. The molecule has 7 heteroatoms. The Morgan fingerprint density at radius 2 is 2.40 bits per heavy atom. The molecule has 1 aromatic heterocycles. The summed E-state index contributed by atoms with van der Waals surface area (Å²) in [6, 6.07) is 1.09. The lowest BCUT2D eigenvalue weighted by Gasteiger charge is -1.94. The first-order valence-corrected chi connectivity index (χ1v) is 4.09. The van der Waals surface area contributed by atoms with Crippen molar-refractivity contribution in [2.24, 2.45) is 0 Å². The summed E-state index contributed by atoms with van der Waals surface area (Å²) in [6.07, 6.45) is 0.303. The summed E-state index contributed by atoms with van der Waals surface area (Å²) < 4.78 is 4.61. The number of H-pyrrole nitrogens is 1. The Labute approximate surface area is 84.2 Å². The normalized spacial score (nSPS) is 9.67. The molecule has 0 bridgehead atoms. The quantitative estimate of drug-likeness (QED) is 0.346. The Kier molecular flexibility index (Phi) is 3.17. The van der Waals surface area contributed by atoms with Crippen molar-refractivity contribution in [2.45, 2.75) is 6.92 Å². The molecule has 0 unspecified atom stereocenters. The molecule has 0 saturated carbocycles. The van der Waals surface area contributed by atoms with Gasteiger partial charge in [0.15, 0.2) is 6.29 Å². The first-order chi connectivity index (χ1) is 7.10. The molecular weight excluding hydrogens is 204 g/mol. The van der Waals surface area contributed by atoms with Crippen molar-refractivity contribution in [1.29, 1.82) is 0 Å². The van der Waals surface area contributed by atoms with E-state index in [2.05, 4.69) is 9.72 Å². The number of carbonyl (C=O) groups excluding carboxylic acids is 2. The summed E-state index contributed by atoms with van der Waals surface area (Å²) in [4.78, 5) is 33.5. The van der Waals surface area contributed by atoms with Gasteiger partial charge in [-0.25, -0.2) is 9.78 Å². The van der Waals surface area contributed by atoms with Crippen LogP contribution in [0.4, 0.5) is 5.82 Å². The second kappa shape index (κ2) is 4.36. The van der Waals surface area contributed by atoms with E-state index in [4.69, 9.17) is 0 Å². The number of ether oxygens (including phenoxy) is 1. The lowest BCUT2D eigenvalue weighted by molar-refractivity contribution is -0.389. The summed E-state index contributed by atoms with van der Waals surface area (Å²) in [5.41, 5.74) is -0.284. The third-order valence-corrected chi connectivity index (χ3v) is 1.63. The highest BCUT2D eigenvalue weighted by Gasteiger charge is 2.22. The van der Waals surface area contributed by atoms with Crippen LogP contribution in [0, 0.1) is 10.1 Å². The van der Waals surface area contributed by atoms with Crippen molar-refractivity contribution in [2.75, 3.05) is 6.61 Å². The minimum Gasteiger partial charge on any atom is -0.460 e. The molecule has 1 N–H and O–H groups in total. The molecule has 0 radical (unpaired) electrons. The largest absolute Gasteiger partial charge is 0.460 e. The molecule has 0 aromatic carbocycles. The maximum Gasteiger partial charge on any atom is 0.378 e. The van der Waals surface area contributed by atoms with E-state index >= 15 is 0 Å². The minimum absolute atomic E-state index is 0.106. The van der Waals surface area contributed by atoms with Crippen LogP contribution in [-0.2, 0) is 4.74 Å². The van der Waals surface area contributed by atoms with Gasteiger partial charge in [-0.05, 0) is 11.8 Å². The van der Waals surface area contributed by atoms with Crippen molar-refractivity contribution in [3.63, 3.8) is 0 Å². The van der Waals surface area contributed by atoms with Crippen LogP contribution in [0.2, 0.25) is 0 Å². The highest BCUT2D eigenvalue weighted by Crippen LogP contribution is 2.17. The third-order valence-electron chi connectivity index (χ3n) is 1.63. The minimum atomic E-state index is -0.771. The van der Waals surface area contributed by atoms with Gasteiger partial charge in [0.1, 0.15) is 5.56 Å². The summed E-state index contributed by atoms with van der Waals surface area (Å²) in [5, 5.41) is 10.4. The van der Waals surface area contributed by atoms with Gasteiger partial charge in [0.2, 0.25) is 5.69 Å². The smallest absolute Gasteiger partial charge is 0.378 e. The van der Waals surface area contributed by atoms with Gasteiger partial charge in [0.25, 0.3) is 0 Å². The van der Waals surface area contributed by atoms with Crippen LogP contribution in [0.5, 0.6) is 0 Å². The predicted molar refractivity (Wildman–Crippen MR) is 48.8 cm³/mol. The van der Waals surface area contributed by atoms with Gasteiger partial charge in [-0.1, -0.05) is 0 Å². The van der Waals surface area contributed by atoms with Crippen molar-refractivity contribution in [1.82, 2.24) is 4.98 Å². The fourth-order valence-corrected chi connectivity index (χ4v) is 1.02. The number of nitro groups is 1. The Morgan fingerprint density at radius 3 is 2.80 bits per heavy atom. The molecule has 0 aliphatic carbocycles. The topological polar surface area (TPSA) is 102 Å². The van der Waals surface area contributed by atoms with Crippen LogP contribution in [-0.4, -0.2) is 28.8 Å². The number of nitrogens with zero attached hydrogens (tertiary/aromatic N) is 1. The maximum absolute atomic E-state index is 11.2. The van der Waals surface area contributed by atoms with Crippen molar-refractivity contribution < 1.29 is 19.2 Å². The number of hydrogen-bond donors (Lipinski definition) is 1. The molecule has 1 aromatic rings. The molecule has 0 aliphatic heterocycles. The van der Waals surface area contributed by atoms with E-state index in [1.165, 1.54) is 0 Å². The number of hydrogen-bond acceptors (Lipinski definition) is 5. The van der Waals surface area contributed by atoms with E-state index in [1.807, 2.05) is 0 Å². The van der Waals surface area contributed by atoms with E-state index in [0.717, 1.165) is 6.07 Å². The van der Waals surface area contributed by atoms with Crippen LogP contribution in [0.1, 0.15) is 27.8 Å². The van der Waals surface area contributed by atoms with Gasteiger partial charge in [-0.2, -0.15) is 0 Å². The molecular formula is C8H8N2O5. The van der Waals surface area contributed by atoms with Crippen molar-refractivity contribution in [3.8, 4) is 0 Å². The van der Waals surface area contributed by atoms with Crippen LogP contribution < -0.4 is 0 Å². The molecule has 15 heavy (non-hydrogen) atoms. The number of aromatic nitrogens is 1. The maximum atomic E-state index is 11.2. The SMILES string of the molecule is CCOC(=O)c1cc(C=O)c([N+](=O)[O-])[nH]1. The van der Waals surface area contributed by atoms with Crippen molar-refractivity contribution in [3.05, 3.63) is 27.4 Å². The van der Waals surface area contributed by atoms with Crippen LogP contribution in [0.3, 0.4) is 0 Å². The van der Waals surface area contributed by atoms with E-state index in [0.29, 0.717) is 6.29 Å². The lowest BCUT2D eigenvalue weighted by atomic mass is 10.3. The fourth-order valence-electron chi connectivity index (χ4n) is 1.02. The highest BCUT2D eigenvalue weighted by atomic mass is 16.6. The van der Waals surface area contributed by atoms with Gasteiger partial charge in [0, 0.05) is 6.07 Å². The zero-order valence-corrected chi connectivity index (χ0v) is 7.85. The number of nitrogens with one attached hydrogen (secondary N) is 1. The fraction of sp³-hybridized carbons (Fsp3) is 0.250. The predicted octanol–water partition coefficient (Wildman–Crippen LogP) is 0.912. The van der Waals surface area contributed by atoms with E-state index in [9.17, 15) is 19.7 Å². The Morgan fingerprint density at radius 1 is 1.73 bits per heavy atom.